The average Bonchev–Trinajstić information content (AvgIpc) is 2.78. The summed E-state index contributed by atoms with van der Waals surface area (Å²) in [6.45, 7) is -1.21. The largest absolute Gasteiger partial charge is 0.487 e. The second-order valence-electron chi connectivity index (χ2n) is 7.52. The molecule has 31 heavy (non-hydrogen) atoms. The molecule has 3 aromatic rings. The van der Waals surface area contributed by atoms with Crippen molar-refractivity contribution < 1.29 is 24.1 Å². The first kappa shape index (κ1) is 15.4. The van der Waals surface area contributed by atoms with Gasteiger partial charge in [0.2, 0.25) is 0 Å². The molecular formula is C22H23FN4O4. The lowest BCUT2D eigenvalue weighted by atomic mass is 10.0. The van der Waals surface area contributed by atoms with Gasteiger partial charge in [-0.25, -0.2) is 9.37 Å². The molecule has 162 valence electrons. The number of halogens is 1. The second-order valence-corrected chi connectivity index (χ2v) is 7.52. The molecule has 0 bridgehead atoms. The molecule has 2 aliphatic rings. The molecule has 0 unspecified atom stereocenters. The Morgan fingerprint density at radius 2 is 2.00 bits per heavy atom. The van der Waals surface area contributed by atoms with Gasteiger partial charge in [0.25, 0.3) is 5.56 Å². The van der Waals surface area contributed by atoms with Crippen LogP contribution in [0.2, 0.25) is 0 Å². The van der Waals surface area contributed by atoms with E-state index < -0.39 is 25.4 Å². The molecule has 2 aliphatic heterocycles. The molecule has 4 heterocycles. The van der Waals surface area contributed by atoms with Crippen LogP contribution in [0.4, 0.5) is 10.2 Å². The number of benzene rings is 1. The van der Waals surface area contributed by atoms with Crippen LogP contribution < -0.4 is 24.7 Å². The van der Waals surface area contributed by atoms with Gasteiger partial charge >= 0.3 is 0 Å². The van der Waals surface area contributed by atoms with Gasteiger partial charge in [0.15, 0.2) is 29.1 Å². The number of aromatic nitrogens is 3. The summed E-state index contributed by atoms with van der Waals surface area (Å²) < 4.78 is 63.3. The van der Waals surface area contributed by atoms with E-state index in [0.29, 0.717) is 24.4 Å². The summed E-state index contributed by atoms with van der Waals surface area (Å²) in [5, 5.41) is 4.44. The highest BCUT2D eigenvalue weighted by Gasteiger charge is 2.33. The average molecular weight is 430 g/mol. The van der Waals surface area contributed by atoms with Crippen LogP contribution in [0.1, 0.15) is 23.0 Å². The van der Waals surface area contributed by atoms with Crippen LogP contribution >= 0.6 is 0 Å². The van der Waals surface area contributed by atoms with Crippen molar-refractivity contribution in [3.8, 4) is 17.2 Å². The van der Waals surface area contributed by atoms with Gasteiger partial charge in [0, 0.05) is 42.4 Å². The lowest BCUT2D eigenvalue weighted by Gasteiger charge is -2.36. The SMILES string of the molecule is [2H]C1([2H])Oc2ccc(O[C@H]3CCN(c4nn5c(=O)ccnc5c(C)c4C)C[C@@H]3F)cc2OC1([2H])[2H]. The third kappa shape index (κ3) is 3.54. The number of anilines is 1. The monoisotopic (exact) mass is 430 g/mol. The molecule has 9 heteroatoms. The molecule has 0 amide bonds. The van der Waals surface area contributed by atoms with E-state index >= 15 is 4.39 Å². The number of fused-ring (bicyclic) bond motifs is 2. The molecule has 5 rings (SSSR count). The third-order valence-electron chi connectivity index (χ3n) is 5.60. The van der Waals surface area contributed by atoms with E-state index in [4.69, 9.17) is 19.7 Å². The summed E-state index contributed by atoms with van der Waals surface area (Å²) in [7, 11) is 0. The fraction of sp³-hybridized carbons (Fsp3) is 0.409. The molecule has 2 aromatic heterocycles. The third-order valence-corrected chi connectivity index (χ3v) is 5.60. The Hall–Kier alpha value is -3.36. The molecule has 0 radical (unpaired) electrons. The van der Waals surface area contributed by atoms with Crippen LogP contribution in [0.3, 0.4) is 0 Å². The number of ether oxygens (including phenoxy) is 3. The van der Waals surface area contributed by atoms with Crippen molar-refractivity contribution in [1.82, 2.24) is 14.6 Å². The fourth-order valence-corrected chi connectivity index (χ4v) is 3.82. The molecule has 1 aromatic carbocycles. The first-order valence-electron chi connectivity index (χ1n) is 11.9. The standard InChI is InChI=1S/C22H23FN4O4/c1-13-14(2)22(25-27-20(28)5-7-24-21(13)27)26-8-6-17(16(23)12-26)31-15-3-4-18-19(11-15)30-10-9-29-18/h3-5,7,11,16-17H,6,8-10,12H2,1-2H3/t16-,17-/m0/s1/i9D2,10D2. The van der Waals surface area contributed by atoms with E-state index in [-0.39, 0.29) is 29.4 Å². The molecule has 2 atom stereocenters. The van der Waals surface area contributed by atoms with Crippen LogP contribution in [0.15, 0.2) is 35.3 Å². The Labute approximate surface area is 183 Å². The summed E-state index contributed by atoms with van der Waals surface area (Å²) in [5.41, 5.74) is 1.76. The molecule has 0 saturated carbocycles. The van der Waals surface area contributed by atoms with E-state index in [0.717, 1.165) is 11.1 Å². The van der Waals surface area contributed by atoms with E-state index in [1.54, 1.807) is 4.90 Å². The Morgan fingerprint density at radius 3 is 2.81 bits per heavy atom. The normalized spacial score (nSPS) is 25.8. The van der Waals surface area contributed by atoms with Crippen molar-refractivity contribution in [1.29, 1.82) is 0 Å². The smallest absolute Gasteiger partial charge is 0.274 e. The highest BCUT2D eigenvalue weighted by molar-refractivity contribution is 5.59. The molecule has 0 N–H and O–H groups in total. The second kappa shape index (κ2) is 7.72. The first-order chi connectivity index (χ1) is 16.5. The van der Waals surface area contributed by atoms with Gasteiger partial charge < -0.3 is 19.1 Å². The van der Waals surface area contributed by atoms with Crippen LogP contribution in [0, 0.1) is 13.8 Å². The number of alkyl halides is 1. The summed E-state index contributed by atoms with van der Waals surface area (Å²) >= 11 is 0. The van der Waals surface area contributed by atoms with Crippen molar-refractivity contribution >= 4 is 11.5 Å². The van der Waals surface area contributed by atoms with E-state index in [1.165, 1.54) is 35.0 Å². The maximum atomic E-state index is 15.2. The molecular weight excluding hydrogens is 403 g/mol. The predicted octanol–water partition coefficient (Wildman–Crippen LogP) is 2.47. The van der Waals surface area contributed by atoms with Crippen molar-refractivity contribution in [2.45, 2.75) is 32.5 Å². The van der Waals surface area contributed by atoms with Crippen molar-refractivity contribution in [2.75, 3.05) is 31.1 Å². The van der Waals surface area contributed by atoms with Crippen molar-refractivity contribution in [2.24, 2.45) is 0 Å². The Kier molecular flexibility index (Phi) is 3.84. The van der Waals surface area contributed by atoms with E-state index in [1.807, 2.05) is 13.8 Å². The molecule has 8 nitrogen and oxygen atoms in total. The number of nitrogens with zero attached hydrogens (tertiary/aromatic N) is 4. The zero-order chi connectivity index (χ0) is 25.1. The Morgan fingerprint density at radius 1 is 1.19 bits per heavy atom. The minimum Gasteiger partial charge on any atom is -0.487 e. The number of hydrogen-bond donors (Lipinski definition) is 0. The summed E-state index contributed by atoms with van der Waals surface area (Å²) in [5.74, 6) is 0.769. The zero-order valence-corrected chi connectivity index (χ0v) is 17.0. The fourth-order valence-electron chi connectivity index (χ4n) is 3.82. The highest BCUT2D eigenvalue weighted by Crippen LogP contribution is 2.35. The van der Waals surface area contributed by atoms with Gasteiger partial charge in [-0.1, -0.05) is 0 Å². The number of hydrogen-bond acceptors (Lipinski definition) is 7. The number of rotatable bonds is 3. The van der Waals surface area contributed by atoms with Crippen LogP contribution in [-0.4, -0.2) is 53.1 Å². The lowest BCUT2D eigenvalue weighted by molar-refractivity contribution is 0.0809. The Bertz CT molecular complexity index is 1370. The molecule has 1 fully saturated rings. The maximum absolute atomic E-state index is 15.2. The van der Waals surface area contributed by atoms with Crippen LogP contribution in [0.5, 0.6) is 17.2 Å². The number of piperidine rings is 1. The topological polar surface area (TPSA) is 78.2 Å². The maximum Gasteiger partial charge on any atom is 0.274 e. The van der Waals surface area contributed by atoms with Crippen LogP contribution in [-0.2, 0) is 0 Å². The summed E-state index contributed by atoms with van der Waals surface area (Å²) in [6.07, 6.45) is -0.378. The molecule has 0 spiro atoms. The minimum atomic E-state index is -2.70. The van der Waals surface area contributed by atoms with Crippen LogP contribution in [0.25, 0.3) is 5.65 Å². The number of aryl methyl sites for hydroxylation is 1. The first-order valence-corrected chi connectivity index (χ1v) is 9.90. The van der Waals surface area contributed by atoms with Gasteiger partial charge in [-0.3, -0.25) is 4.79 Å². The minimum absolute atomic E-state index is 0.00573. The van der Waals surface area contributed by atoms with Gasteiger partial charge in [-0.05, 0) is 26.0 Å². The van der Waals surface area contributed by atoms with E-state index in [9.17, 15) is 4.79 Å². The van der Waals surface area contributed by atoms with Crippen molar-refractivity contribution in [3.63, 3.8) is 0 Å². The summed E-state index contributed by atoms with van der Waals surface area (Å²) in [6, 6.07) is 5.58. The van der Waals surface area contributed by atoms with E-state index in [2.05, 4.69) is 10.1 Å². The molecule has 1 saturated heterocycles. The zero-order valence-electron chi connectivity index (χ0n) is 21.0. The lowest BCUT2D eigenvalue weighted by Crippen LogP contribution is -2.48. The van der Waals surface area contributed by atoms with Gasteiger partial charge in [0.1, 0.15) is 25.0 Å². The molecule has 0 aliphatic carbocycles. The Balaban J connectivity index is 1.33. The predicted molar refractivity (Wildman–Crippen MR) is 112 cm³/mol. The summed E-state index contributed by atoms with van der Waals surface area (Å²) in [4.78, 5) is 18.3. The van der Waals surface area contributed by atoms with Gasteiger partial charge in [-0.15, -0.1) is 5.10 Å². The van der Waals surface area contributed by atoms with Crippen molar-refractivity contribution in [3.05, 3.63) is 51.9 Å². The highest BCUT2D eigenvalue weighted by atomic mass is 19.1. The quantitative estimate of drug-likeness (QED) is 0.632. The van der Waals surface area contributed by atoms with Gasteiger partial charge in [0.05, 0.1) is 12.0 Å². The van der Waals surface area contributed by atoms with Gasteiger partial charge in [-0.2, -0.15) is 4.52 Å².